The topological polar surface area (TPSA) is 35.6 Å². The maximum Gasteiger partial charge on any atom is 0.234 e. The minimum Gasteiger partial charge on any atom is -0.369 e. The second-order valence-electron chi connectivity index (χ2n) is 7.40. The summed E-state index contributed by atoms with van der Waals surface area (Å²) in [4.78, 5) is 16.8. The van der Waals surface area contributed by atoms with E-state index >= 15 is 0 Å². The molecule has 26 heavy (non-hydrogen) atoms. The van der Waals surface area contributed by atoms with Crippen molar-refractivity contribution in [2.24, 2.45) is 0 Å². The molecule has 1 aliphatic carbocycles. The Morgan fingerprint density at radius 2 is 2.00 bits per heavy atom. The van der Waals surface area contributed by atoms with Crippen molar-refractivity contribution < 1.29 is 4.79 Å². The van der Waals surface area contributed by atoms with Crippen molar-refractivity contribution in [2.45, 2.75) is 39.0 Å². The van der Waals surface area contributed by atoms with Crippen LogP contribution in [0, 0.1) is 6.92 Å². The fourth-order valence-electron chi connectivity index (χ4n) is 3.82. The number of aryl methyl sites for hydroxylation is 1. The van der Waals surface area contributed by atoms with Gasteiger partial charge in [0.2, 0.25) is 5.91 Å². The SMILES string of the molecule is Cc1ccc(Cl)cc1N1CCN(CC(=O)NCCC2=CCCCC2)CC1. The van der Waals surface area contributed by atoms with Crippen molar-refractivity contribution in [1.82, 2.24) is 10.2 Å². The Balaban J connectivity index is 1.38. The highest BCUT2D eigenvalue weighted by molar-refractivity contribution is 6.30. The molecule has 1 aromatic rings. The van der Waals surface area contributed by atoms with Gasteiger partial charge in [0, 0.05) is 43.4 Å². The predicted octanol–water partition coefficient (Wildman–Crippen LogP) is 3.78. The summed E-state index contributed by atoms with van der Waals surface area (Å²) in [7, 11) is 0. The lowest BCUT2D eigenvalue weighted by atomic mass is 9.97. The maximum atomic E-state index is 12.2. The number of nitrogens with one attached hydrogen (secondary N) is 1. The standard InChI is InChI=1S/C21H30ClN3O/c1-17-7-8-19(22)15-20(17)25-13-11-24(12-14-25)16-21(26)23-10-9-18-5-3-2-4-6-18/h5,7-8,15H,2-4,6,9-14,16H2,1H3,(H,23,26). The van der Waals surface area contributed by atoms with Crippen LogP contribution in [0.15, 0.2) is 29.8 Å². The predicted molar refractivity (Wildman–Crippen MR) is 109 cm³/mol. The largest absolute Gasteiger partial charge is 0.369 e. The summed E-state index contributed by atoms with van der Waals surface area (Å²) in [5.74, 6) is 0.147. The highest BCUT2D eigenvalue weighted by Gasteiger charge is 2.20. The molecule has 1 aliphatic heterocycles. The van der Waals surface area contributed by atoms with Gasteiger partial charge in [0.15, 0.2) is 0 Å². The zero-order chi connectivity index (χ0) is 18.4. The number of piperazine rings is 1. The van der Waals surface area contributed by atoms with Gasteiger partial charge in [-0.1, -0.05) is 29.3 Å². The molecule has 0 radical (unpaired) electrons. The summed E-state index contributed by atoms with van der Waals surface area (Å²) in [5, 5.41) is 3.86. The Morgan fingerprint density at radius 3 is 2.73 bits per heavy atom. The highest BCUT2D eigenvalue weighted by Crippen LogP contribution is 2.25. The van der Waals surface area contributed by atoms with E-state index < -0.39 is 0 Å². The van der Waals surface area contributed by atoms with Crippen LogP contribution in [-0.2, 0) is 4.79 Å². The number of rotatable bonds is 6. The van der Waals surface area contributed by atoms with E-state index in [9.17, 15) is 4.79 Å². The zero-order valence-corrected chi connectivity index (χ0v) is 16.5. The Kier molecular flexibility index (Phi) is 6.98. The summed E-state index contributed by atoms with van der Waals surface area (Å²) in [5.41, 5.74) is 3.97. The Labute approximate surface area is 162 Å². The first-order chi connectivity index (χ1) is 12.6. The molecule has 0 bridgehead atoms. The van der Waals surface area contributed by atoms with Gasteiger partial charge in [-0.05, 0) is 56.7 Å². The second-order valence-corrected chi connectivity index (χ2v) is 7.84. The van der Waals surface area contributed by atoms with Crippen LogP contribution in [0.3, 0.4) is 0 Å². The van der Waals surface area contributed by atoms with Crippen LogP contribution in [0.5, 0.6) is 0 Å². The van der Waals surface area contributed by atoms with Gasteiger partial charge in [-0.3, -0.25) is 9.69 Å². The molecular formula is C21H30ClN3O. The third-order valence-electron chi connectivity index (χ3n) is 5.40. The quantitative estimate of drug-likeness (QED) is 0.768. The van der Waals surface area contributed by atoms with E-state index in [-0.39, 0.29) is 5.91 Å². The summed E-state index contributed by atoms with van der Waals surface area (Å²) in [6.07, 6.45) is 8.40. The molecular weight excluding hydrogens is 346 g/mol. The molecule has 1 heterocycles. The number of carbonyl (C=O) groups excluding carboxylic acids is 1. The Morgan fingerprint density at radius 1 is 1.19 bits per heavy atom. The molecule has 2 aliphatic rings. The molecule has 0 atom stereocenters. The highest BCUT2D eigenvalue weighted by atomic mass is 35.5. The lowest BCUT2D eigenvalue weighted by Crippen LogP contribution is -2.49. The maximum absolute atomic E-state index is 12.2. The van der Waals surface area contributed by atoms with Gasteiger partial charge in [0.1, 0.15) is 0 Å². The molecule has 1 amide bonds. The average Bonchev–Trinajstić information content (AvgIpc) is 2.65. The van der Waals surface area contributed by atoms with E-state index in [0.29, 0.717) is 6.54 Å². The van der Waals surface area contributed by atoms with Crippen molar-refractivity contribution in [3.05, 3.63) is 40.4 Å². The van der Waals surface area contributed by atoms with E-state index in [4.69, 9.17) is 11.6 Å². The molecule has 0 saturated carbocycles. The molecule has 0 unspecified atom stereocenters. The number of hydrogen-bond donors (Lipinski definition) is 1. The van der Waals surface area contributed by atoms with Gasteiger partial charge in [0.05, 0.1) is 6.54 Å². The Hall–Kier alpha value is -1.52. The molecule has 1 N–H and O–H groups in total. The third kappa shape index (κ3) is 5.49. The van der Waals surface area contributed by atoms with E-state index in [1.54, 1.807) is 0 Å². The molecule has 4 nitrogen and oxygen atoms in total. The zero-order valence-electron chi connectivity index (χ0n) is 15.8. The minimum atomic E-state index is 0.147. The monoisotopic (exact) mass is 375 g/mol. The lowest BCUT2D eigenvalue weighted by Gasteiger charge is -2.36. The van der Waals surface area contributed by atoms with Crippen LogP contribution < -0.4 is 10.2 Å². The number of benzene rings is 1. The molecule has 0 spiro atoms. The lowest BCUT2D eigenvalue weighted by molar-refractivity contribution is -0.122. The van der Waals surface area contributed by atoms with Gasteiger partial charge < -0.3 is 10.2 Å². The second kappa shape index (κ2) is 9.43. The fourth-order valence-corrected chi connectivity index (χ4v) is 3.99. The van der Waals surface area contributed by atoms with E-state index in [2.05, 4.69) is 34.2 Å². The van der Waals surface area contributed by atoms with Crippen LogP contribution in [0.4, 0.5) is 5.69 Å². The molecule has 5 heteroatoms. The van der Waals surface area contributed by atoms with Crippen molar-refractivity contribution >= 4 is 23.2 Å². The number of carbonyl (C=O) groups is 1. The first-order valence-corrected chi connectivity index (χ1v) is 10.2. The van der Waals surface area contributed by atoms with Gasteiger partial charge in [-0.25, -0.2) is 0 Å². The number of allylic oxidation sites excluding steroid dienone is 1. The average molecular weight is 376 g/mol. The minimum absolute atomic E-state index is 0.147. The number of nitrogens with zero attached hydrogens (tertiary/aromatic N) is 2. The van der Waals surface area contributed by atoms with E-state index in [1.165, 1.54) is 42.5 Å². The molecule has 1 fully saturated rings. The van der Waals surface area contributed by atoms with Crippen LogP contribution in [0.2, 0.25) is 5.02 Å². The molecule has 0 aromatic heterocycles. The van der Waals surface area contributed by atoms with Crippen molar-refractivity contribution in [2.75, 3.05) is 44.2 Å². The van der Waals surface area contributed by atoms with Crippen molar-refractivity contribution in [1.29, 1.82) is 0 Å². The first-order valence-electron chi connectivity index (χ1n) is 9.80. The number of anilines is 1. The van der Waals surface area contributed by atoms with Crippen molar-refractivity contribution in [3.8, 4) is 0 Å². The van der Waals surface area contributed by atoms with Gasteiger partial charge in [-0.15, -0.1) is 0 Å². The van der Waals surface area contributed by atoms with Crippen molar-refractivity contribution in [3.63, 3.8) is 0 Å². The van der Waals surface area contributed by atoms with Gasteiger partial charge in [-0.2, -0.15) is 0 Å². The summed E-state index contributed by atoms with van der Waals surface area (Å²) < 4.78 is 0. The van der Waals surface area contributed by atoms with E-state index in [1.807, 2.05) is 12.1 Å². The molecule has 1 aromatic carbocycles. The Bertz CT molecular complexity index is 651. The molecule has 3 rings (SSSR count). The van der Waals surface area contributed by atoms with Gasteiger partial charge in [0.25, 0.3) is 0 Å². The fraction of sp³-hybridized carbons (Fsp3) is 0.571. The van der Waals surface area contributed by atoms with Crippen LogP contribution in [0.1, 0.15) is 37.7 Å². The molecule has 1 saturated heterocycles. The van der Waals surface area contributed by atoms with Crippen LogP contribution in [0.25, 0.3) is 0 Å². The number of hydrogen-bond acceptors (Lipinski definition) is 3. The normalized spacial score (nSPS) is 18.5. The van der Waals surface area contributed by atoms with E-state index in [0.717, 1.165) is 44.2 Å². The number of halogens is 1. The van der Waals surface area contributed by atoms with Gasteiger partial charge >= 0.3 is 0 Å². The summed E-state index contributed by atoms with van der Waals surface area (Å²) in [6, 6.07) is 6.04. The smallest absolute Gasteiger partial charge is 0.234 e. The summed E-state index contributed by atoms with van der Waals surface area (Å²) >= 11 is 6.14. The summed E-state index contributed by atoms with van der Waals surface area (Å²) in [6.45, 7) is 7.07. The third-order valence-corrected chi connectivity index (χ3v) is 5.64. The van der Waals surface area contributed by atoms with Crippen LogP contribution in [-0.4, -0.2) is 50.1 Å². The van der Waals surface area contributed by atoms with Crippen LogP contribution >= 0.6 is 11.6 Å². The first kappa shape index (κ1) is 19.2. The molecule has 142 valence electrons. The number of amides is 1.